The molecule has 0 spiro atoms. The summed E-state index contributed by atoms with van der Waals surface area (Å²) >= 11 is 0. The van der Waals surface area contributed by atoms with Gasteiger partial charge in [-0.15, -0.1) is 0 Å². The molecule has 0 radical (unpaired) electrons. The van der Waals surface area contributed by atoms with Crippen LogP contribution in [0.2, 0.25) is 0 Å². The SMILES string of the molecule is C=N/C=C\C(=C/C)CCN1CCNCC1. The monoisotopic (exact) mass is 207 g/mol. The third-order valence-corrected chi connectivity index (χ3v) is 2.69. The molecule has 0 amide bonds. The summed E-state index contributed by atoms with van der Waals surface area (Å²) in [6.07, 6.45) is 7.04. The Labute approximate surface area is 92.6 Å². The molecule has 0 unspecified atom stereocenters. The fraction of sp³-hybridized carbons (Fsp3) is 0.583. The highest BCUT2D eigenvalue weighted by atomic mass is 15.2. The molecule has 1 aliphatic heterocycles. The van der Waals surface area contributed by atoms with E-state index in [1.54, 1.807) is 6.20 Å². The summed E-state index contributed by atoms with van der Waals surface area (Å²) in [7, 11) is 0. The molecule has 0 saturated carbocycles. The van der Waals surface area contributed by atoms with Crippen LogP contribution in [0, 0.1) is 0 Å². The number of allylic oxidation sites excluding steroid dienone is 2. The molecule has 0 atom stereocenters. The van der Waals surface area contributed by atoms with Crippen LogP contribution in [0.5, 0.6) is 0 Å². The molecule has 0 aromatic rings. The summed E-state index contributed by atoms with van der Waals surface area (Å²) in [5.41, 5.74) is 1.33. The Hall–Kier alpha value is -0.930. The Morgan fingerprint density at radius 1 is 1.47 bits per heavy atom. The summed E-state index contributed by atoms with van der Waals surface area (Å²) in [5.74, 6) is 0. The normalized spacial score (nSPS) is 19.7. The van der Waals surface area contributed by atoms with E-state index < -0.39 is 0 Å². The molecule has 1 N–H and O–H groups in total. The lowest BCUT2D eigenvalue weighted by Gasteiger charge is -2.27. The summed E-state index contributed by atoms with van der Waals surface area (Å²) in [6.45, 7) is 11.2. The molecule has 1 heterocycles. The van der Waals surface area contributed by atoms with Crippen molar-refractivity contribution < 1.29 is 0 Å². The average Bonchev–Trinajstić information content (AvgIpc) is 2.31. The van der Waals surface area contributed by atoms with Crippen LogP contribution in [0.1, 0.15) is 13.3 Å². The molecular formula is C12H21N3. The van der Waals surface area contributed by atoms with Crippen LogP contribution in [-0.2, 0) is 0 Å². The number of aliphatic imine (C=N–C) groups is 1. The van der Waals surface area contributed by atoms with Gasteiger partial charge in [0.1, 0.15) is 0 Å². The zero-order valence-corrected chi connectivity index (χ0v) is 9.58. The van der Waals surface area contributed by atoms with Crippen molar-refractivity contribution in [1.82, 2.24) is 10.2 Å². The van der Waals surface area contributed by atoms with Gasteiger partial charge in [-0.25, -0.2) is 0 Å². The second kappa shape index (κ2) is 7.37. The standard InChI is InChI=1S/C12H21N3/c1-3-12(4-6-13-2)5-9-15-10-7-14-8-11-15/h3-4,6,14H,2,5,7-11H2,1H3/b6-4-,12-3+. The van der Waals surface area contributed by atoms with E-state index in [0.717, 1.165) is 26.1 Å². The minimum Gasteiger partial charge on any atom is -0.314 e. The number of hydrogen-bond acceptors (Lipinski definition) is 3. The zero-order chi connectivity index (χ0) is 10.9. The van der Waals surface area contributed by atoms with Gasteiger partial charge in [-0.2, -0.15) is 0 Å². The van der Waals surface area contributed by atoms with Crippen molar-refractivity contribution in [2.75, 3.05) is 32.7 Å². The lowest BCUT2D eigenvalue weighted by molar-refractivity contribution is 0.244. The minimum atomic E-state index is 1.10. The molecule has 3 heteroatoms. The predicted octanol–water partition coefficient (Wildman–Crippen LogP) is 1.44. The first-order chi connectivity index (χ1) is 7.36. The first-order valence-electron chi connectivity index (χ1n) is 5.57. The van der Waals surface area contributed by atoms with Gasteiger partial charge >= 0.3 is 0 Å². The Bertz CT molecular complexity index is 237. The van der Waals surface area contributed by atoms with Crippen molar-refractivity contribution in [2.45, 2.75) is 13.3 Å². The van der Waals surface area contributed by atoms with Crippen LogP contribution >= 0.6 is 0 Å². The van der Waals surface area contributed by atoms with Crippen LogP contribution in [0.25, 0.3) is 0 Å². The Balaban J connectivity index is 2.27. The highest BCUT2D eigenvalue weighted by Crippen LogP contribution is 2.05. The molecule has 1 fully saturated rings. The van der Waals surface area contributed by atoms with Gasteiger partial charge < -0.3 is 10.2 Å². The second-order valence-electron chi connectivity index (χ2n) is 3.70. The van der Waals surface area contributed by atoms with Gasteiger partial charge in [-0.3, -0.25) is 4.99 Å². The van der Waals surface area contributed by atoms with Gasteiger partial charge in [0.25, 0.3) is 0 Å². The van der Waals surface area contributed by atoms with Crippen molar-refractivity contribution in [3.05, 3.63) is 23.9 Å². The molecule has 84 valence electrons. The second-order valence-corrected chi connectivity index (χ2v) is 3.70. The van der Waals surface area contributed by atoms with E-state index in [4.69, 9.17) is 0 Å². The summed E-state index contributed by atoms with van der Waals surface area (Å²) < 4.78 is 0. The van der Waals surface area contributed by atoms with Crippen LogP contribution in [0.4, 0.5) is 0 Å². The van der Waals surface area contributed by atoms with Crippen LogP contribution in [-0.4, -0.2) is 44.3 Å². The molecule has 3 nitrogen and oxygen atoms in total. The Kier molecular flexibility index (Phi) is 5.97. The van der Waals surface area contributed by atoms with Gasteiger partial charge in [0.05, 0.1) is 0 Å². The Morgan fingerprint density at radius 3 is 2.80 bits per heavy atom. The van der Waals surface area contributed by atoms with Gasteiger partial charge in [-0.1, -0.05) is 6.08 Å². The average molecular weight is 207 g/mol. The maximum absolute atomic E-state index is 3.72. The topological polar surface area (TPSA) is 27.6 Å². The van der Waals surface area contributed by atoms with Gasteiger partial charge in [0.15, 0.2) is 0 Å². The first-order valence-corrected chi connectivity index (χ1v) is 5.57. The molecule has 0 aromatic carbocycles. The fourth-order valence-electron chi connectivity index (χ4n) is 1.69. The highest BCUT2D eigenvalue weighted by Gasteiger charge is 2.08. The van der Waals surface area contributed by atoms with E-state index in [2.05, 4.69) is 34.9 Å². The molecule has 1 aliphatic rings. The largest absolute Gasteiger partial charge is 0.314 e. The van der Waals surface area contributed by atoms with Crippen molar-refractivity contribution in [1.29, 1.82) is 0 Å². The highest BCUT2D eigenvalue weighted by molar-refractivity contribution is 5.27. The lowest BCUT2D eigenvalue weighted by atomic mass is 10.1. The molecule has 15 heavy (non-hydrogen) atoms. The summed E-state index contributed by atoms with van der Waals surface area (Å²) in [4.78, 5) is 6.22. The molecule has 1 saturated heterocycles. The third-order valence-electron chi connectivity index (χ3n) is 2.69. The molecular weight excluding hydrogens is 186 g/mol. The van der Waals surface area contributed by atoms with E-state index >= 15 is 0 Å². The van der Waals surface area contributed by atoms with Crippen LogP contribution < -0.4 is 5.32 Å². The number of nitrogens with one attached hydrogen (secondary N) is 1. The van der Waals surface area contributed by atoms with Gasteiger partial charge in [0, 0.05) is 38.9 Å². The molecule has 0 bridgehead atoms. The zero-order valence-electron chi connectivity index (χ0n) is 9.58. The Morgan fingerprint density at radius 2 is 2.20 bits per heavy atom. The maximum atomic E-state index is 3.72. The fourth-order valence-corrected chi connectivity index (χ4v) is 1.69. The summed E-state index contributed by atoms with van der Waals surface area (Å²) in [5, 5.41) is 3.36. The smallest absolute Gasteiger partial charge is 0.0263 e. The number of hydrogen-bond donors (Lipinski definition) is 1. The molecule has 0 aromatic heterocycles. The van der Waals surface area contributed by atoms with E-state index in [1.165, 1.54) is 18.7 Å². The summed E-state index contributed by atoms with van der Waals surface area (Å²) in [6, 6.07) is 0. The van der Waals surface area contributed by atoms with Gasteiger partial charge in [0.2, 0.25) is 0 Å². The van der Waals surface area contributed by atoms with Gasteiger partial charge in [-0.05, 0) is 31.7 Å². The number of rotatable bonds is 5. The third kappa shape index (κ3) is 4.91. The lowest BCUT2D eigenvalue weighted by Crippen LogP contribution is -2.43. The maximum Gasteiger partial charge on any atom is 0.0263 e. The molecule has 1 rings (SSSR count). The quantitative estimate of drug-likeness (QED) is 0.546. The first kappa shape index (κ1) is 12.1. The number of piperazine rings is 1. The van der Waals surface area contributed by atoms with Crippen molar-refractivity contribution in [2.24, 2.45) is 4.99 Å². The minimum absolute atomic E-state index is 1.10. The van der Waals surface area contributed by atoms with Crippen molar-refractivity contribution in [3.8, 4) is 0 Å². The molecule has 0 aliphatic carbocycles. The van der Waals surface area contributed by atoms with E-state index in [1.807, 2.05) is 6.08 Å². The predicted molar refractivity (Wildman–Crippen MR) is 66.4 cm³/mol. The van der Waals surface area contributed by atoms with E-state index in [9.17, 15) is 0 Å². The number of nitrogens with zero attached hydrogens (tertiary/aromatic N) is 2. The van der Waals surface area contributed by atoms with Crippen LogP contribution in [0.15, 0.2) is 28.9 Å². The van der Waals surface area contributed by atoms with Crippen molar-refractivity contribution in [3.63, 3.8) is 0 Å². The van der Waals surface area contributed by atoms with E-state index in [0.29, 0.717) is 0 Å². The van der Waals surface area contributed by atoms with E-state index in [-0.39, 0.29) is 0 Å². The van der Waals surface area contributed by atoms with Crippen LogP contribution in [0.3, 0.4) is 0 Å². The van der Waals surface area contributed by atoms with Crippen molar-refractivity contribution >= 4 is 6.72 Å².